The van der Waals surface area contributed by atoms with Crippen LogP contribution in [0.5, 0.6) is 0 Å². The van der Waals surface area contributed by atoms with Crippen LogP contribution >= 0.6 is 11.6 Å². The molecule has 2 N–H and O–H groups in total. The molecule has 2 heterocycles. The fourth-order valence-corrected chi connectivity index (χ4v) is 4.03. The molecule has 0 unspecified atom stereocenters. The molecule has 0 spiro atoms. The SMILES string of the molecule is CN(C(=O)CCc1cccc(F)c1Cl)[C@H](COC(=O)Nc1cc2cc(F)ccc2cn1)Cc1cnc[nH]1. The van der Waals surface area contributed by atoms with Crippen LogP contribution in [-0.2, 0) is 22.4 Å². The third-order valence-electron chi connectivity index (χ3n) is 5.91. The van der Waals surface area contributed by atoms with Crippen molar-refractivity contribution >= 4 is 40.2 Å². The Balaban J connectivity index is 1.38. The number of anilines is 1. The highest BCUT2D eigenvalue weighted by molar-refractivity contribution is 6.31. The summed E-state index contributed by atoms with van der Waals surface area (Å²) in [6.45, 7) is -0.115. The second-order valence-electron chi connectivity index (χ2n) is 8.44. The summed E-state index contributed by atoms with van der Waals surface area (Å²) in [6.07, 6.45) is 4.57. The standard InChI is InChI=1S/C26H24ClF2N5O3/c1-34(24(35)8-6-16-3-2-4-22(29)25(16)27)21(11-20-13-30-15-32-20)14-37-26(36)33-23-10-18-9-19(28)7-5-17(18)12-31-23/h2-5,7,9-10,12-13,15,21H,6,8,11,14H2,1H3,(H,30,32)(H,31,33,36)/t21-/m0/s1. The lowest BCUT2D eigenvalue weighted by atomic mass is 10.1. The molecule has 2 aromatic carbocycles. The van der Waals surface area contributed by atoms with E-state index in [0.717, 1.165) is 11.1 Å². The van der Waals surface area contributed by atoms with Crippen LogP contribution < -0.4 is 5.32 Å². The summed E-state index contributed by atoms with van der Waals surface area (Å²) in [6, 6.07) is 9.75. The highest BCUT2D eigenvalue weighted by Gasteiger charge is 2.23. The van der Waals surface area contributed by atoms with Crippen molar-refractivity contribution in [2.45, 2.75) is 25.3 Å². The molecule has 0 aliphatic rings. The van der Waals surface area contributed by atoms with E-state index in [2.05, 4.69) is 20.3 Å². The van der Waals surface area contributed by atoms with Crippen molar-refractivity contribution in [3.63, 3.8) is 0 Å². The van der Waals surface area contributed by atoms with Crippen molar-refractivity contribution in [2.24, 2.45) is 0 Å². The molecule has 0 saturated heterocycles. The van der Waals surface area contributed by atoms with Crippen LogP contribution in [0, 0.1) is 11.6 Å². The second kappa shape index (κ2) is 11.8. The monoisotopic (exact) mass is 527 g/mol. The number of aromatic amines is 1. The molecule has 0 aliphatic carbocycles. The number of ether oxygens (including phenoxy) is 1. The van der Waals surface area contributed by atoms with Gasteiger partial charge in [-0.3, -0.25) is 10.1 Å². The number of amides is 2. The summed E-state index contributed by atoms with van der Waals surface area (Å²) in [7, 11) is 1.61. The number of nitrogens with zero attached hydrogens (tertiary/aromatic N) is 3. The van der Waals surface area contributed by atoms with Gasteiger partial charge in [-0.15, -0.1) is 0 Å². The van der Waals surface area contributed by atoms with Crippen LogP contribution in [0.4, 0.5) is 19.4 Å². The maximum Gasteiger partial charge on any atom is 0.412 e. The summed E-state index contributed by atoms with van der Waals surface area (Å²) < 4.78 is 32.6. The quantitative estimate of drug-likeness (QED) is 0.314. The van der Waals surface area contributed by atoms with E-state index in [-0.39, 0.29) is 36.2 Å². The third kappa shape index (κ3) is 6.79. The predicted octanol–water partition coefficient (Wildman–Crippen LogP) is 5.14. The highest BCUT2D eigenvalue weighted by Crippen LogP contribution is 2.22. The first-order valence-electron chi connectivity index (χ1n) is 11.4. The zero-order valence-electron chi connectivity index (χ0n) is 19.9. The van der Waals surface area contributed by atoms with Crippen molar-refractivity contribution < 1.29 is 23.1 Å². The zero-order chi connectivity index (χ0) is 26.4. The number of aryl methyl sites for hydroxylation is 1. The first-order valence-corrected chi connectivity index (χ1v) is 11.8. The third-order valence-corrected chi connectivity index (χ3v) is 6.34. The number of hydrogen-bond donors (Lipinski definition) is 2. The number of carbonyl (C=O) groups excluding carboxylic acids is 2. The summed E-state index contributed by atoms with van der Waals surface area (Å²) in [5.74, 6) is -0.972. The second-order valence-corrected chi connectivity index (χ2v) is 8.81. The van der Waals surface area contributed by atoms with E-state index in [1.807, 2.05) is 0 Å². The van der Waals surface area contributed by atoms with Crippen molar-refractivity contribution in [2.75, 3.05) is 19.0 Å². The highest BCUT2D eigenvalue weighted by atomic mass is 35.5. The minimum Gasteiger partial charge on any atom is -0.447 e. The van der Waals surface area contributed by atoms with Gasteiger partial charge in [0.2, 0.25) is 5.91 Å². The van der Waals surface area contributed by atoms with Crippen molar-refractivity contribution in [1.82, 2.24) is 19.9 Å². The van der Waals surface area contributed by atoms with Crippen LogP contribution in [0.1, 0.15) is 17.7 Å². The van der Waals surface area contributed by atoms with Crippen LogP contribution in [0.2, 0.25) is 5.02 Å². The van der Waals surface area contributed by atoms with Gasteiger partial charge in [-0.05, 0) is 47.7 Å². The van der Waals surface area contributed by atoms with E-state index in [9.17, 15) is 18.4 Å². The molecule has 0 fully saturated rings. The Bertz CT molecular complexity index is 1400. The number of hydrogen-bond acceptors (Lipinski definition) is 5. The van der Waals surface area contributed by atoms with Crippen molar-refractivity contribution in [3.05, 3.63) is 89.1 Å². The van der Waals surface area contributed by atoms with Crippen LogP contribution in [0.25, 0.3) is 10.8 Å². The number of nitrogens with one attached hydrogen (secondary N) is 2. The Morgan fingerprint density at radius 1 is 1.16 bits per heavy atom. The van der Waals surface area contributed by atoms with Gasteiger partial charge < -0.3 is 14.6 Å². The van der Waals surface area contributed by atoms with Gasteiger partial charge >= 0.3 is 6.09 Å². The van der Waals surface area contributed by atoms with Gasteiger partial charge in [-0.1, -0.05) is 23.7 Å². The minimum absolute atomic E-state index is 0.00277. The largest absolute Gasteiger partial charge is 0.447 e. The van der Waals surface area contributed by atoms with Crippen LogP contribution in [0.3, 0.4) is 0 Å². The molecule has 37 heavy (non-hydrogen) atoms. The molecule has 192 valence electrons. The van der Waals surface area contributed by atoms with E-state index in [0.29, 0.717) is 17.4 Å². The Kier molecular flexibility index (Phi) is 8.29. The fraction of sp³-hybridized carbons (Fsp3) is 0.231. The van der Waals surface area contributed by atoms with Crippen molar-refractivity contribution in [3.8, 4) is 0 Å². The first-order chi connectivity index (χ1) is 17.8. The summed E-state index contributed by atoms with van der Waals surface area (Å²) >= 11 is 6.01. The molecule has 1 atom stereocenters. The van der Waals surface area contributed by atoms with E-state index >= 15 is 0 Å². The summed E-state index contributed by atoms with van der Waals surface area (Å²) in [5.41, 5.74) is 1.28. The molecule has 0 saturated carbocycles. The normalized spacial score (nSPS) is 11.8. The predicted molar refractivity (Wildman–Crippen MR) is 135 cm³/mol. The lowest BCUT2D eigenvalue weighted by molar-refractivity contribution is -0.132. The molecule has 4 aromatic rings. The Labute approximate surface area is 216 Å². The van der Waals surface area contributed by atoms with E-state index < -0.39 is 23.8 Å². The molecule has 0 bridgehead atoms. The fourth-order valence-electron chi connectivity index (χ4n) is 3.81. The topological polar surface area (TPSA) is 100 Å². The van der Waals surface area contributed by atoms with Gasteiger partial charge in [0.15, 0.2) is 0 Å². The summed E-state index contributed by atoms with van der Waals surface area (Å²) in [4.78, 5) is 38.0. The number of aromatic nitrogens is 3. The van der Waals surface area contributed by atoms with Crippen LogP contribution in [-0.4, -0.2) is 51.5 Å². The molecule has 0 radical (unpaired) electrons. The molecule has 2 aromatic heterocycles. The molecular formula is C26H24ClF2N5O3. The maximum atomic E-state index is 13.7. The minimum atomic E-state index is -0.773. The van der Waals surface area contributed by atoms with Gasteiger partial charge in [0.05, 0.1) is 17.4 Å². The number of halogens is 3. The smallest absolute Gasteiger partial charge is 0.412 e. The Morgan fingerprint density at radius 3 is 2.78 bits per heavy atom. The molecule has 0 aliphatic heterocycles. The number of rotatable bonds is 9. The summed E-state index contributed by atoms with van der Waals surface area (Å²) in [5, 5.41) is 3.82. The number of carbonyl (C=O) groups is 2. The lowest BCUT2D eigenvalue weighted by Crippen LogP contribution is -2.42. The number of fused-ring (bicyclic) bond motifs is 1. The van der Waals surface area contributed by atoms with Gasteiger partial charge in [-0.2, -0.15) is 0 Å². The molecule has 11 heteroatoms. The van der Waals surface area contributed by atoms with E-state index in [1.165, 1.54) is 41.7 Å². The van der Waals surface area contributed by atoms with E-state index in [1.54, 1.807) is 31.4 Å². The number of H-pyrrole nitrogens is 1. The maximum absolute atomic E-state index is 13.7. The number of pyridine rings is 1. The van der Waals surface area contributed by atoms with Gasteiger partial charge in [0.25, 0.3) is 0 Å². The average Bonchev–Trinajstić information content (AvgIpc) is 3.40. The zero-order valence-corrected chi connectivity index (χ0v) is 20.6. The average molecular weight is 528 g/mol. The lowest BCUT2D eigenvalue weighted by Gasteiger charge is -2.28. The number of imidazole rings is 1. The van der Waals surface area contributed by atoms with Gasteiger partial charge in [0.1, 0.15) is 24.1 Å². The number of benzene rings is 2. The number of likely N-dealkylation sites (N-methyl/N-ethyl adjacent to an activating group) is 1. The van der Waals surface area contributed by atoms with Gasteiger partial charge in [-0.25, -0.2) is 23.5 Å². The molecule has 2 amide bonds. The Hall–Kier alpha value is -4.05. The van der Waals surface area contributed by atoms with Gasteiger partial charge in [0, 0.05) is 43.4 Å². The first kappa shape index (κ1) is 26.0. The van der Waals surface area contributed by atoms with Crippen LogP contribution in [0.15, 0.2) is 61.2 Å². The molecule has 4 rings (SSSR count). The van der Waals surface area contributed by atoms with E-state index in [4.69, 9.17) is 16.3 Å². The van der Waals surface area contributed by atoms with Crippen molar-refractivity contribution in [1.29, 1.82) is 0 Å². The Morgan fingerprint density at radius 2 is 2.00 bits per heavy atom. The molecular weight excluding hydrogens is 504 g/mol. The molecule has 8 nitrogen and oxygen atoms in total.